The summed E-state index contributed by atoms with van der Waals surface area (Å²) in [6.45, 7) is 4.66. The molecular formula is C14H33PSn. The van der Waals surface area contributed by atoms with E-state index in [1.807, 2.05) is 0 Å². The van der Waals surface area contributed by atoms with Crippen molar-refractivity contribution in [3.05, 3.63) is 0 Å². The molecule has 0 rings (SSSR count). The Bertz CT molecular complexity index is 143. The molecule has 0 aliphatic heterocycles. The fourth-order valence-corrected chi connectivity index (χ4v) is 9.12. The predicted octanol–water partition coefficient (Wildman–Crippen LogP) is 5.80. The van der Waals surface area contributed by atoms with E-state index in [1.165, 1.54) is 25.7 Å². The first kappa shape index (κ1) is 17.2. The number of hydrogen-bond donors (Lipinski definition) is 0. The summed E-state index contributed by atoms with van der Waals surface area (Å²) in [5, 5.41) is 0. The first-order valence-electron chi connectivity index (χ1n) is 7.22. The van der Waals surface area contributed by atoms with Gasteiger partial charge in [0.05, 0.1) is 0 Å². The zero-order valence-corrected chi connectivity index (χ0v) is 16.1. The molecule has 0 aromatic rings. The van der Waals surface area contributed by atoms with Crippen LogP contribution in [0.2, 0.25) is 19.3 Å². The SMILES string of the molecule is CCCCP(CCCC)CC[CH2][Sn]([CH3])([CH3])[CH3]. The monoisotopic (exact) mass is 352 g/mol. The maximum absolute atomic E-state index is 2.58. The second-order valence-electron chi connectivity index (χ2n) is 6.21. The second kappa shape index (κ2) is 10.2. The molecule has 0 saturated heterocycles. The Labute approximate surface area is 110 Å². The van der Waals surface area contributed by atoms with E-state index in [4.69, 9.17) is 0 Å². The molecule has 0 aromatic carbocycles. The molecule has 16 heavy (non-hydrogen) atoms. The summed E-state index contributed by atoms with van der Waals surface area (Å²) >= 11 is -1.45. The van der Waals surface area contributed by atoms with Crippen LogP contribution in [0.5, 0.6) is 0 Å². The van der Waals surface area contributed by atoms with Gasteiger partial charge in [-0.25, -0.2) is 0 Å². The summed E-state index contributed by atoms with van der Waals surface area (Å²) in [6, 6.07) is 0. The van der Waals surface area contributed by atoms with Crippen LogP contribution < -0.4 is 0 Å². The molecule has 0 aliphatic carbocycles. The molecule has 2 heteroatoms. The van der Waals surface area contributed by atoms with Gasteiger partial charge in [0.15, 0.2) is 0 Å². The van der Waals surface area contributed by atoms with Crippen molar-refractivity contribution in [3.8, 4) is 0 Å². The van der Waals surface area contributed by atoms with Gasteiger partial charge in [-0.1, -0.05) is 0 Å². The molecule has 0 saturated carbocycles. The molecule has 0 nitrogen and oxygen atoms in total. The summed E-state index contributed by atoms with van der Waals surface area (Å²) in [4.78, 5) is 7.74. The van der Waals surface area contributed by atoms with E-state index in [1.54, 1.807) is 29.3 Å². The predicted molar refractivity (Wildman–Crippen MR) is 84.1 cm³/mol. The van der Waals surface area contributed by atoms with E-state index in [-0.39, 0.29) is 0 Å². The molecule has 0 aliphatic rings. The number of rotatable bonds is 10. The van der Waals surface area contributed by atoms with E-state index in [0.717, 1.165) is 0 Å². The van der Waals surface area contributed by atoms with Crippen molar-refractivity contribution in [2.45, 2.75) is 65.2 Å². The molecule has 0 fully saturated rings. The van der Waals surface area contributed by atoms with Gasteiger partial charge < -0.3 is 0 Å². The van der Waals surface area contributed by atoms with Gasteiger partial charge in [-0.05, 0) is 0 Å². The van der Waals surface area contributed by atoms with Gasteiger partial charge in [-0.3, -0.25) is 0 Å². The summed E-state index contributed by atoms with van der Waals surface area (Å²) in [5.41, 5.74) is 0. The fourth-order valence-electron chi connectivity index (χ4n) is 1.93. The van der Waals surface area contributed by atoms with Gasteiger partial charge in [0.25, 0.3) is 0 Å². The van der Waals surface area contributed by atoms with Crippen LogP contribution in [0.1, 0.15) is 46.0 Å². The Balaban J connectivity index is 3.72. The van der Waals surface area contributed by atoms with Gasteiger partial charge in [0, 0.05) is 0 Å². The fraction of sp³-hybridized carbons (Fsp3) is 1.00. The topological polar surface area (TPSA) is 0 Å². The van der Waals surface area contributed by atoms with Crippen molar-refractivity contribution in [2.24, 2.45) is 0 Å². The van der Waals surface area contributed by atoms with E-state index in [2.05, 4.69) is 28.7 Å². The summed E-state index contributed by atoms with van der Waals surface area (Å²) in [7, 11) is 0.408. The quantitative estimate of drug-likeness (QED) is 0.345. The van der Waals surface area contributed by atoms with Crippen LogP contribution in [0.4, 0.5) is 0 Å². The van der Waals surface area contributed by atoms with E-state index in [0.29, 0.717) is 7.92 Å². The van der Waals surface area contributed by atoms with Crippen LogP contribution in [0.3, 0.4) is 0 Å². The third kappa shape index (κ3) is 11.7. The molecular weight excluding hydrogens is 318 g/mol. The van der Waals surface area contributed by atoms with Gasteiger partial charge in [-0.15, -0.1) is 0 Å². The second-order valence-corrected chi connectivity index (χ2v) is 24.9. The zero-order valence-electron chi connectivity index (χ0n) is 12.3. The van der Waals surface area contributed by atoms with Crippen LogP contribution in [0.15, 0.2) is 0 Å². The Morgan fingerprint density at radius 3 is 1.56 bits per heavy atom. The third-order valence-electron chi connectivity index (χ3n) is 3.06. The average Bonchev–Trinajstić information content (AvgIpc) is 2.19. The molecule has 0 N–H and O–H groups in total. The van der Waals surface area contributed by atoms with Gasteiger partial charge in [0.1, 0.15) is 0 Å². The van der Waals surface area contributed by atoms with Crippen molar-refractivity contribution >= 4 is 26.3 Å². The molecule has 0 radical (unpaired) electrons. The molecule has 0 spiro atoms. The molecule has 98 valence electrons. The summed E-state index contributed by atoms with van der Waals surface area (Å²) in [5.74, 6) is 0. The van der Waals surface area contributed by atoms with Gasteiger partial charge >= 0.3 is 110 Å². The molecule has 0 heterocycles. The molecule has 0 unspecified atom stereocenters. The van der Waals surface area contributed by atoms with Crippen molar-refractivity contribution in [2.75, 3.05) is 18.5 Å². The molecule has 0 amide bonds. The van der Waals surface area contributed by atoms with Crippen molar-refractivity contribution in [1.29, 1.82) is 0 Å². The van der Waals surface area contributed by atoms with Crippen molar-refractivity contribution in [1.82, 2.24) is 0 Å². The van der Waals surface area contributed by atoms with Crippen molar-refractivity contribution in [3.63, 3.8) is 0 Å². The van der Waals surface area contributed by atoms with Crippen LogP contribution in [-0.4, -0.2) is 36.9 Å². The van der Waals surface area contributed by atoms with E-state index >= 15 is 0 Å². The average molecular weight is 351 g/mol. The number of unbranched alkanes of at least 4 members (excludes halogenated alkanes) is 2. The van der Waals surface area contributed by atoms with E-state index < -0.39 is 18.4 Å². The molecule has 0 atom stereocenters. The Hall–Kier alpha value is 1.23. The van der Waals surface area contributed by atoms with Crippen LogP contribution in [0, 0.1) is 0 Å². The maximum atomic E-state index is 2.58. The van der Waals surface area contributed by atoms with Crippen LogP contribution >= 0.6 is 7.92 Å². The molecule has 0 aromatic heterocycles. The van der Waals surface area contributed by atoms with Crippen molar-refractivity contribution < 1.29 is 0 Å². The first-order chi connectivity index (χ1) is 7.49. The van der Waals surface area contributed by atoms with Gasteiger partial charge in [0.2, 0.25) is 0 Å². The van der Waals surface area contributed by atoms with Crippen LogP contribution in [-0.2, 0) is 0 Å². The Morgan fingerprint density at radius 2 is 1.19 bits per heavy atom. The summed E-state index contributed by atoms with van der Waals surface area (Å²) in [6.07, 6.45) is 12.0. The molecule has 0 bridgehead atoms. The minimum atomic E-state index is -1.45. The van der Waals surface area contributed by atoms with Crippen LogP contribution in [0.25, 0.3) is 0 Å². The van der Waals surface area contributed by atoms with Gasteiger partial charge in [-0.2, -0.15) is 0 Å². The zero-order chi connectivity index (χ0) is 12.4. The number of hydrogen-bond acceptors (Lipinski definition) is 0. The first-order valence-corrected chi connectivity index (χ1v) is 19.7. The Kier molecular flexibility index (Phi) is 11.0. The van der Waals surface area contributed by atoms with E-state index in [9.17, 15) is 0 Å². The minimum absolute atomic E-state index is 0.408. The summed E-state index contributed by atoms with van der Waals surface area (Å²) < 4.78 is 1.62. The standard InChI is InChI=1S/C11H24P.3CH3.Sn/c1-4-7-10-12(9-6-3)11-8-5-2;;;;/h3-11H2,1-2H3;3*1H3;. The third-order valence-corrected chi connectivity index (χ3v) is 11.2. The normalized spacial score (nSPS) is 12.4. The Morgan fingerprint density at radius 1 is 0.750 bits per heavy atom.